The van der Waals surface area contributed by atoms with E-state index in [9.17, 15) is 39.0 Å². The van der Waals surface area contributed by atoms with Gasteiger partial charge in [-0.25, -0.2) is 14.6 Å². The van der Waals surface area contributed by atoms with Crippen molar-refractivity contribution in [2.24, 2.45) is 5.73 Å². The van der Waals surface area contributed by atoms with Gasteiger partial charge in [-0.15, -0.1) is 0 Å². The number of piperazine rings is 1. The quantitative estimate of drug-likeness (QED) is 0.285. The van der Waals surface area contributed by atoms with Gasteiger partial charge in [-0.3, -0.25) is 19.2 Å². The lowest BCUT2D eigenvalue weighted by molar-refractivity contribution is -0.163. The number of nitrogens with zero attached hydrogens (tertiary/aromatic N) is 3. The molecule has 15 nitrogen and oxygen atoms in total. The summed E-state index contributed by atoms with van der Waals surface area (Å²) >= 11 is 0. The summed E-state index contributed by atoms with van der Waals surface area (Å²) in [5.41, 5.74) is 4.01. The van der Waals surface area contributed by atoms with Gasteiger partial charge in [-0.2, -0.15) is 0 Å². The van der Waals surface area contributed by atoms with Crippen LogP contribution in [-0.4, -0.2) is 105 Å². The summed E-state index contributed by atoms with van der Waals surface area (Å²) in [7, 11) is 0. The fraction of sp³-hybridized carbons (Fsp3) is 0.464. The molecule has 1 aliphatic carbocycles. The number of primary amides is 1. The number of nitrogens with two attached hydrogens (primary N) is 1. The monoisotopic (exact) mass is 599 g/mol. The maximum atomic E-state index is 13.4. The molecule has 0 bridgehead atoms. The van der Waals surface area contributed by atoms with E-state index in [1.165, 1.54) is 34.1 Å². The number of benzene rings is 1. The van der Waals surface area contributed by atoms with Crippen LogP contribution in [0.5, 0.6) is 5.75 Å². The van der Waals surface area contributed by atoms with Gasteiger partial charge in [0.2, 0.25) is 17.4 Å². The number of carboxylic acids is 2. The van der Waals surface area contributed by atoms with Gasteiger partial charge in [-0.05, 0) is 50.8 Å². The lowest BCUT2D eigenvalue weighted by Crippen LogP contribution is -2.56. The summed E-state index contributed by atoms with van der Waals surface area (Å²) < 4.78 is 10.9. The highest BCUT2D eigenvalue weighted by molar-refractivity contribution is 6.02. The number of nitrogens with one attached hydrogen (secondary N) is 1. The smallest absolute Gasteiger partial charge is 0.409 e. The molecule has 1 aromatic heterocycles. The van der Waals surface area contributed by atoms with Gasteiger partial charge >= 0.3 is 18.0 Å². The predicted molar refractivity (Wildman–Crippen MR) is 148 cm³/mol. The molecule has 15 heteroatoms. The van der Waals surface area contributed by atoms with Crippen LogP contribution in [0.3, 0.4) is 0 Å². The molecule has 0 spiro atoms. The highest BCUT2D eigenvalue weighted by Crippen LogP contribution is 2.39. The Bertz CT molecular complexity index is 1450. The number of carbonyl (C=O) groups is 6. The van der Waals surface area contributed by atoms with Gasteiger partial charge in [0.05, 0.1) is 12.1 Å². The molecule has 1 unspecified atom stereocenters. The topological polar surface area (TPSA) is 219 Å². The second-order valence-electron chi connectivity index (χ2n) is 10.3. The number of fused-ring (bicyclic) bond motifs is 1. The largest absolute Gasteiger partial charge is 0.481 e. The van der Waals surface area contributed by atoms with Crippen LogP contribution >= 0.6 is 0 Å². The maximum absolute atomic E-state index is 13.4. The van der Waals surface area contributed by atoms with E-state index in [2.05, 4.69) is 10.3 Å². The lowest BCUT2D eigenvalue weighted by Gasteiger charge is -2.38. The number of aromatic nitrogens is 1. The Morgan fingerprint density at radius 1 is 1.05 bits per heavy atom. The number of carbonyl (C=O) groups excluding carboxylic acids is 4. The summed E-state index contributed by atoms with van der Waals surface area (Å²) in [4.78, 5) is 81.2. The first kappa shape index (κ1) is 31.0. The number of rotatable bonds is 11. The summed E-state index contributed by atoms with van der Waals surface area (Å²) in [6, 6.07) is 4.22. The second-order valence-corrected chi connectivity index (χ2v) is 10.3. The number of pyridine rings is 1. The van der Waals surface area contributed by atoms with Crippen molar-refractivity contribution < 1.29 is 48.5 Å². The van der Waals surface area contributed by atoms with E-state index in [1.807, 2.05) is 0 Å². The summed E-state index contributed by atoms with van der Waals surface area (Å²) in [5, 5.41) is 21.9. The molecule has 1 aromatic carbocycles. The molecule has 43 heavy (non-hydrogen) atoms. The van der Waals surface area contributed by atoms with Crippen molar-refractivity contribution in [2.45, 2.75) is 50.7 Å². The van der Waals surface area contributed by atoms with Gasteiger partial charge in [0.1, 0.15) is 17.5 Å². The molecule has 4 rings (SSSR count). The van der Waals surface area contributed by atoms with Gasteiger partial charge in [0.15, 0.2) is 0 Å². The third-order valence-corrected chi connectivity index (χ3v) is 7.51. The third-order valence-electron chi connectivity index (χ3n) is 7.51. The molecule has 4 amide bonds. The first-order chi connectivity index (χ1) is 20.4. The van der Waals surface area contributed by atoms with Crippen molar-refractivity contribution in [3.63, 3.8) is 0 Å². The van der Waals surface area contributed by atoms with Crippen molar-refractivity contribution in [2.75, 3.05) is 32.8 Å². The van der Waals surface area contributed by atoms with Crippen LogP contribution in [0.1, 0.15) is 59.9 Å². The zero-order chi connectivity index (χ0) is 31.3. The number of ether oxygens (including phenoxy) is 2. The zero-order valence-corrected chi connectivity index (χ0v) is 23.5. The standard InChI is InChI=1S/C28H33N5O10/c1-2-42-27(41)33-12-10-32(11-13-33)25(38)19(6-7-22(34)35)31-24(37)20-15-21(43-28(26(39)40)8-3-9-28)17-14-16(23(29)36)4-5-18(17)30-20/h4-5,14-15,19H,2-3,6-13H2,1H3,(H2,29,36)(H,31,37)(H,34,35)(H,39,40). The predicted octanol–water partition coefficient (Wildman–Crippen LogP) is 0.984. The number of hydrogen-bond acceptors (Lipinski definition) is 9. The minimum Gasteiger partial charge on any atom is -0.481 e. The number of carboxylic acid groups (broad SMARTS) is 2. The Kier molecular flexibility index (Phi) is 9.31. The molecule has 2 heterocycles. The molecule has 0 radical (unpaired) electrons. The van der Waals surface area contributed by atoms with E-state index in [1.54, 1.807) is 6.92 Å². The normalized spacial score (nSPS) is 16.5. The molecule has 5 N–H and O–H groups in total. The van der Waals surface area contributed by atoms with E-state index >= 15 is 0 Å². The Hall–Kier alpha value is -4.95. The molecule has 2 aliphatic rings. The highest BCUT2D eigenvalue weighted by Gasteiger charge is 2.47. The van der Waals surface area contributed by atoms with E-state index in [0.29, 0.717) is 6.42 Å². The lowest BCUT2D eigenvalue weighted by atomic mass is 9.80. The number of amides is 4. The average Bonchev–Trinajstić information content (AvgIpc) is 2.95. The van der Waals surface area contributed by atoms with Crippen molar-refractivity contribution in [1.82, 2.24) is 20.1 Å². The molecular weight excluding hydrogens is 566 g/mol. The highest BCUT2D eigenvalue weighted by atomic mass is 16.6. The van der Waals surface area contributed by atoms with Crippen LogP contribution in [0.15, 0.2) is 24.3 Å². The van der Waals surface area contributed by atoms with Gasteiger partial charge in [-0.1, -0.05) is 0 Å². The van der Waals surface area contributed by atoms with Gasteiger partial charge in [0.25, 0.3) is 5.91 Å². The Morgan fingerprint density at radius 2 is 1.72 bits per heavy atom. The first-order valence-electron chi connectivity index (χ1n) is 13.8. The van der Waals surface area contributed by atoms with Gasteiger partial charge < -0.3 is 40.5 Å². The van der Waals surface area contributed by atoms with Crippen molar-refractivity contribution in [3.8, 4) is 5.75 Å². The molecule has 2 fully saturated rings. The van der Waals surface area contributed by atoms with Crippen LogP contribution in [0, 0.1) is 0 Å². The molecule has 1 saturated heterocycles. The fourth-order valence-corrected chi connectivity index (χ4v) is 4.92. The van der Waals surface area contributed by atoms with Gasteiger partial charge in [0, 0.05) is 49.6 Å². The van der Waals surface area contributed by atoms with Crippen LogP contribution in [0.2, 0.25) is 0 Å². The maximum Gasteiger partial charge on any atom is 0.409 e. The first-order valence-corrected chi connectivity index (χ1v) is 13.8. The van der Waals surface area contributed by atoms with Crippen LogP contribution < -0.4 is 15.8 Å². The molecular formula is C28H33N5O10. The molecule has 1 aliphatic heterocycles. The van der Waals surface area contributed by atoms with Crippen LogP contribution in [0.25, 0.3) is 10.9 Å². The third kappa shape index (κ3) is 6.93. The number of aliphatic carboxylic acids is 2. The Labute approximate surface area is 245 Å². The summed E-state index contributed by atoms with van der Waals surface area (Å²) in [6.07, 6.45) is -0.0251. The minimum absolute atomic E-state index is 0.0103. The van der Waals surface area contributed by atoms with Crippen molar-refractivity contribution in [1.29, 1.82) is 0 Å². The molecule has 1 saturated carbocycles. The van der Waals surface area contributed by atoms with E-state index in [4.69, 9.17) is 15.2 Å². The van der Waals surface area contributed by atoms with E-state index < -0.39 is 53.8 Å². The van der Waals surface area contributed by atoms with Crippen molar-refractivity contribution in [3.05, 3.63) is 35.5 Å². The summed E-state index contributed by atoms with van der Waals surface area (Å²) in [6.45, 7) is 2.61. The van der Waals surface area contributed by atoms with E-state index in [-0.39, 0.29) is 80.0 Å². The Balaban J connectivity index is 1.60. The molecule has 230 valence electrons. The summed E-state index contributed by atoms with van der Waals surface area (Å²) in [5.74, 6) is -4.43. The molecule has 1 atom stereocenters. The van der Waals surface area contributed by atoms with Crippen LogP contribution in [-0.2, 0) is 19.1 Å². The zero-order valence-electron chi connectivity index (χ0n) is 23.5. The van der Waals surface area contributed by atoms with Crippen molar-refractivity contribution >= 4 is 46.7 Å². The van der Waals surface area contributed by atoms with Crippen LogP contribution in [0.4, 0.5) is 4.79 Å². The fourth-order valence-electron chi connectivity index (χ4n) is 4.92. The minimum atomic E-state index is -1.52. The molecule has 2 aromatic rings. The SMILES string of the molecule is CCOC(=O)N1CCN(C(=O)C(CCC(=O)O)NC(=O)c2cc(OC3(C(=O)O)CCC3)c3cc(C(N)=O)ccc3n2)CC1. The second kappa shape index (κ2) is 12.9. The van der Waals surface area contributed by atoms with E-state index in [0.717, 1.165) is 0 Å². The average molecular weight is 600 g/mol. The number of hydrogen-bond donors (Lipinski definition) is 4. The Morgan fingerprint density at radius 3 is 2.28 bits per heavy atom.